The van der Waals surface area contributed by atoms with Crippen molar-refractivity contribution in [1.29, 1.82) is 0 Å². The number of hydrogen-bond acceptors (Lipinski definition) is 1. The summed E-state index contributed by atoms with van der Waals surface area (Å²) < 4.78 is 0. The van der Waals surface area contributed by atoms with Crippen molar-refractivity contribution in [1.82, 2.24) is 0 Å². The van der Waals surface area contributed by atoms with Crippen LogP contribution in [-0.4, -0.2) is 0 Å². The lowest BCUT2D eigenvalue weighted by Crippen LogP contribution is -2.13. The van der Waals surface area contributed by atoms with Gasteiger partial charge in [-0.2, -0.15) is 0 Å². The van der Waals surface area contributed by atoms with Crippen LogP contribution in [-0.2, 0) is 10.8 Å². The largest absolute Gasteiger partial charge is 0.355 e. The zero-order valence-corrected chi connectivity index (χ0v) is 24.2. The Morgan fingerprint density at radius 1 is 0.605 bits per heavy atom. The van der Waals surface area contributed by atoms with E-state index in [0.717, 1.165) is 11.4 Å². The molecule has 0 atom stereocenters. The third kappa shape index (κ3) is 4.83. The van der Waals surface area contributed by atoms with Crippen molar-refractivity contribution < 1.29 is 0 Å². The molecule has 1 nitrogen and oxygen atoms in total. The summed E-state index contributed by atoms with van der Waals surface area (Å²) in [5.74, 6) is 0.174. The molecule has 0 aliphatic heterocycles. The number of anilines is 2. The number of nitrogens with one attached hydrogen (secondary N) is 1. The van der Waals surface area contributed by atoms with Gasteiger partial charge in [-0.05, 0) is 81.8 Å². The lowest BCUT2D eigenvalue weighted by atomic mass is 9.78. The van der Waals surface area contributed by atoms with Gasteiger partial charge in [-0.1, -0.05) is 120 Å². The fourth-order valence-corrected chi connectivity index (χ4v) is 5.72. The summed E-state index contributed by atoms with van der Waals surface area (Å²) in [5.41, 5.74) is 14.8. The summed E-state index contributed by atoms with van der Waals surface area (Å²) in [5, 5.41) is 3.72. The van der Waals surface area contributed by atoms with Gasteiger partial charge < -0.3 is 5.32 Å². The first-order valence-corrected chi connectivity index (χ1v) is 13.8. The molecule has 1 heteroatoms. The van der Waals surface area contributed by atoms with E-state index in [4.69, 9.17) is 0 Å². The van der Waals surface area contributed by atoms with Crippen molar-refractivity contribution in [2.24, 2.45) is 0 Å². The Labute approximate surface area is 229 Å². The van der Waals surface area contributed by atoms with Crippen LogP contribution in [0.1, 0.15) is 89.1 Å². The molecule has 0 unspecified atom stereocenters. The van der Waals surface area contributed by atoms with E-state index in [1.54, 1.807) is 0 Å². The molecule has 0 heterocycles. The molecule has 5 rings (SSSR count). The molecule has 0 bridgehead atoms. The van der Waals surface area contributed by atoms with Gasteiger partial charge in [0.15, 0.2) is 0 Å². The lowest BCUT2D eigenvalue weighted by Gasteiger charge is -2.26. The van der Waals surface area contributed by atoms with E-state index in [-0.39, 0.29) is 16.7 Å². The van der Waals surface area contributed by atoms with Gasteiger partial charge in [0.25, 0.3) is 0 Å². The van der Waals surface area contributed by atoms with E-state index in [1.165, 1.54) is 50.1 Å². The van der Waals surface area contributed by atoms with E-state index in [0.29, 0.717) is 0 Å². The molecule has 0 radical (unpaired) electrons. The van der Waals surface area contributed by atoms with Gasteiger partial charge in [-0.3, -0.25) is 0 Å². The topological polar surface area (TPSA) is 12.0 Å². The monoisotopic (exact) mass is 499 g/mol. The maximum absolute atomic E-state index is 3.72. The quantitative estimate of drug-likeness (QED) is 0.294. The molecule has 4 aromatic carbocycles. The number of fused-ring (bicyclic) bond motifs is 3. The minimum atomic E-state index is 0.0861. The first-order chi connectivity index (χ1) is 17.9. The Morgan fingerprint density at radius 2 is 1.11 bits per heavy atom. The van der Waals surface area contributed by atoms with Crippen molar-refractivity contribution in [3.63, 3.8) is 0 Å². The predicted octanol–water partition coefficient (Wildman–Crippen LogP) is 10.6. The van der Waals surface area contributed by atoms with Crippen molar-refractivity contribution in [2.75, 3.05) is 5.32 Å². The molecule has 0 amide bonds. The van der Waals surface area contributed by atoms with Gasteiger partial charge in [0.2, 0.25) is 0 Å². The van der Waals surface area contributed by atoms with Crippen LogP contribution in [0.3, 0.4) is 0 Å². The smallest absolute Gasteiger partial charge is 0.0460 e. The molecule has 0 saturated heterocycles. The fraction of sp³-hybridized carbons (Fsp3) is 0.297. The second-order valence-electron chi connectivity index (χ2n) is 13.0. The third-order valence-electron chi connectivity index (χ3n) is 7.84. The van der Waals surface area contributed by atoms with Gasteiger partial charge >= 0.3 is 0 Å². The third-order valence-corrected chi connectivity index (χ3v) is 7.84. The Kier molecular flexibility index (Phi) is 6.59. The van der Waals surface area contributed by atoms with E-state index < -0.39 is 0 Å². The zero-order chi connectivity index (χ0) is 27.2. The second kappa shape index (κ2) is 9.62. The van der Waals surface area contributed by atoms with Crippen LogP contribution in [0.5, 0.6) is 0 Å². The molecule has 0 saturated carbocycles. The van der Waals surface area contributed by atoms with Gasteiger partial charge in [0.05, 0.1) is 0 Å². The van der Waals surface area contributed by atoms with Gasteiger partial charge in [0, 0.05) is 22.9 Å². The summed E-state index contributed by atoms with van der Waals surface area (Å²) in [7, 11) is 0. The van der Waals surface area contributed by atoms with Gasteiger partial charge in [-0.15, -0.1) is 0 Å². The van der Waals surface area contributed by atoms with E-state index >= 15 is 0 Å². The number of para-hydroxylation sites is 2. The van der Waals surface area contributed by atoms with Gasteiger partial charge in [-0.25, -0.2) is 0 Å². The minimum absolute atomic E-state index is 0.0861. The average molecular weight is 500 g/mol. The highest BCUT2D eigenvalue weighted by Crippen LogP contribution is 2.54. The first kappa shape index (κ1) is 26.0. The maximum Gasteiger partial charge on any atom is 0.0460 e. The Morgan fingerprint density at radius 3 is 1.61 bits per heavy atom. The summed E-state index contributed by atoms with van der Waals surface area (Å²) in [4.78, 5) is 0. The molecule has 194 valence electrons. The lowest BCUT2D eigenvalue weighted by molar-refractivity contribution is 0.589. The molecule has 38 heavy (non-hydrogen) atoms. The highest BCUT2D eigenvalue weighted by molar-refractivity contribution is 5.93. The second-order valence-corrected chi connectivity index (χ2v) is 13.0. The summed E-state index contributed by atoms with van der Waals surface area (Å²) in [6.45, 7) is 18.4. The van der Waals surface area contributed by atoms with Crippen LogP contribution in [0.25, 0.3) is 16.7 Å². The molecule has 0 aromatic heterocycles. The highest BCUT2D eigenvalue weighted by atomic mass is 14.9. The van der Waals surface area contributed by atoms with Crippen LogP contribution >= 0.6 is 0 Å². The van der Waals surface area contributed by atoms with Crippen LogP contribution in [0, 0.1) is 0 Å². The van der Waals surface area contributed by atoms with Crippen molar-refractivity contribution in [3.05, 3.63) is 124 Å². The molecular weight excluding hydrogens is 458 g/mol. The normalized spacial score (nSPS) is 13.2. The summed E-state index contributed by atoms with van der Waals surface area (Å²) in [6, 6.07) is 33.6. The van der Waals surface area contributed by atoms with Crippen molar-refractivity contribution in [2.45, 2.75) is 72.1 Å². The van der Waals surface area contributed by atoms with E-state index in [9.17, 15) is 0 Å². The minimum Gasteiger partial charge on any atom is -0.355 e. The van der Waals surface area contributed by atoms with Crippen LogP contribution < -0.4 is 5.32 Å². The van der Waals surface area contributed by atoms with Crippen LogP contribution in [0.15, 0.2) is 96.6 Å². The predicted molar refractivity (Wildman–Crippen MR) is 166 cm³/mol. The van der Waals surface area contributed by atoms with Crippen LogP contribution in [0.2, 0.25) is 0 Å². The fourth-order valence-electron chi connectivity index (χ4n) is 5.72. The Hall–Kier alpha value is -3.58. The highest BCUT2D eigenvalue weighted by Gasteiger charge is 2.35. The molecule has 1 aliphatic carbocycles. The number of benzene rings is 4. The SMILES string of the molecule is CC(C)=C(c1ccccc1Nc1ccccc1)C1c2cc(C(C)(C)C)ccc2-c2ccc(C(C)(C)C)cc21. The van der Waals surface area contributed by atoms with Crippen molar-refractivity contribution >= 4 is 16.9 Å². The van der Waals surface area contributed by atoms with Crippen molar-refractivity contribution in [3.8, 4) is 11.1 Å². The van der Waals surface area contributed by atoms with E-state index in [1.807, 2.05) is 0 Å². The number of allylic oxidation sites excluding steroid dienone is 2. The van der Waals surface area contributed by atoms with Gasteiger partial charge in [0.1, 0.15) is 0 Å². The summed E-state index contributed by atoms with van der Waals surface area (Å²) >= 11 is 0. The molecule has 0 fully saturated rings. The average Bonchev–Trinajstić information content (AvgIpc) is 3.18. The first-order valence-electron chi connectivity index (χ1n) is 13.8. The maximum atomic E-state index is 3.72. The number of hydrogen-bond donors (Lipinski definition) is 1. The Bertz CT molecular complexity index is 1440. The summed E-state index contributed by atoms with van der Waals surface area (Å²) in [6.07, 6.45) is 0. The van der Waals surface area contributed by atoms with Crippen LogP contribution in [0.4, 0.5) is 11.4 Å². The standard InChI is InChI=1S/C37H41N/c1-24(2)34(30-16-12-13-17-33(30)38-27-14-10-9-11-15-27)35-31-22-25(36(3,4)5)18-20-28(31)29-21-19-26(23-32(29)35)37(6,7)8/h9-23,35,38H,1-8H3. The molecule has 1 N–H and O–H groups in total. The molecular formula is C37H41N. The number of rotatable bonds is 4. The zero-order valence-electron chi connectivity index (χ0n) is 24.2. The molecule has 0 spiro atoms. The molecule has 4 aromatic rings. The molecule has 1 aliphatic rings. The van der Waals surface area contributed by atoms with E-state index in [2.05, 4.69) is 152 Å². The Balaban J connectivity index is 1.75.